The van der Waals surface area contributed by atoms with E-state index in [1.54, 1.807) is 21.6 Å². The number of unbranched alkanes of at least 4 members (excludes halogenated alkanes) is 2. The maximum atomic E-state index is 13.4. The highest BCUT2D eigenvalue weighted by Gasteiger charge is 2.38. The molecule has 2 fully saturated rings. The zero-order chi connectivity index (χ0) is 22.0. The van der Waals surface area contributed by atoms with Crippen LogP contribution < -0.4 is 10.9 Å². The molecule has 1 N–H and O–H groups in total. The van der Waals surface area contributed by atoms with E-state index in [1.165, 1.54) is 11.8 Å². The van der Waals surface area contributed by atoms with Gasteiger partial charge in [-0.25, -0.2) is 4.98 Å². The Kier molecular flexibility index (Phi) is 6.77. The largest absolute Gasteiger partial charge is 0.369 e. The van der Waals surface area contributed by atoms with Gasteiger partial charge in [0.2, 0.25) is 0 Å². The molecule has 1 saturated carbocycles. The number of hydrogen-bond acceptors (Lipinski definition) is 6. The summed E-state index contributed by atoms with van der Waals surface area (Å²) < 4.78 is 2.14. The fourth-order valence-corrected chi connectivity index (χ4v) is 5.58. The highest BCUT2D eigenvalue weighted by Crippen LogP contribution is 2.38. The Labute approximate surface area is 192 Å². The maximum absolute atomic E-state index is 13.4. The molecule has 31 heavy (non-hydrogen) atoms. The molecule has 2 aromatic rings. The Balaban J connectivity index is 1.74. The highest BCUT2D eigenvalue weighted by molar-refractivity contribution is 8.26. The van der Waals surface area contributed by atoms with Gasteiger partial charge in [0.15, 0.2) is 0 Å². The summed E-state index contributed by atoms with van der Waals surface area (Å²) in [5.41, 5.74) is 1.78. The van der Waals surface area contributed by atoms with Crippen molar-refractivity contribution in [1.29, 1.82) is 0 Å². The van der Waals surface area contributed by atoms with Crippen LogP contribution in [0.2, 0.25) is 0 Å². The number of thioether (sulfide) groups is 1. The monoisotopic (exact) mass is 456 g/mol. The Morgan fingerprint density at radius 2 is 2.03 bits per heavy atom. The van der Waals surface area contributed by atoms with Crippen molar-refractivity contribution in [1.82, 2.24) is 14.3 Å². The summed E-state index contributed by atoms with van der Waals surface area (Å²) in [5, 5.41) is 3.33. The minimum atomic E-state index is -0.183. The molecule has 3 heterocycles. The summed E-state index contributed by atoms with van der Waals surface area (Å²) in [6.07, 6.45) is 10.9. The zero-order valence-electron chi connectivity index (χ0n) is 18.0. The summed E-state index contributed by atoms with van der Waals surface area (Å²) in [6, 6.07) is 3.97. The number of carbonyl (C=O) groups excluding carboxylic acids is 1. The Morgan fingerprint density at radius 3 is 2.77 bits per heavy atom. The number of aromatic nitrogens is 2. The van der Waals surface area contributed by atoms with Gasteiger partial charge in [0.05, 0.1) is 10.5 Å². The van der Waals surface area contributed by atoms with E-state index in [9.17, 15) is 9.59 Å². The lowest BCUT2D eigenvalue weighted by molar-refractivity contribution is -0.123. The van der Waals surface area contributed by atoms with Crippen LogP contribution in [-0.4, -0.2) is 37.1 Å². The molecule has 0 aromatic carbocycles. The van der Waals surface area contributed by atoms with E-state index in [1.807, 2.05) is 19.1 Å². The minimum Gasteiger partial charge on any atom is -0.369 e. The van der Waals surface area contributed by atoms with Gasteiger partial charge in [-0.1, -0.05) is 62.7 Å². The Bertz CT molecular complexity index is 1100. The summed E-state index contributed by atoms with van der Waals surface area (Å²) in [6.45, 7) is 4.82. The number of fused-ring (bicyclic) bond motifs is 1. The van der Waals surface area contributed by atoms with E-state index in [2.05, 4.69) is 12.2 Å². The summed E-state index contributed by atoms with van der Waals surface area (Å²) in [4.78, 5) is 33.5. The van der Waals surface area contributed by atoms with Crippen LogP contribution in [0.4, 0.5) is 5.82 Å². The molecule has 1 amide bonds. The third-order valence-electron chi connectivity index (χ3n) is 5.87. The van der Waals surface area contributed by atoms with Gasteiger partial charge in [-0.2, -0.15) is 0 Å². The van der Waals surface area contributed by atoms with Crippen molar-refractivity contribution in [3.8, 4) is 0 Å². The molecule has 0 radical (unpaired) electrons. The Morgan fingerprint density at radius 1 is 1.26 bits per heavy atom. The van der Waals surface area contributed by atoms with Crippen LogP contribution in [0, 0.1) is 6.92 Å². The molecule has 1 aliphatic heterocycles. The SMILES string of the molecule is CCCCCNc1nc2ccc(C)cn2c(=O)c1/C=C1/SC(=S)N(C2CCCC2)C1=O. The molecule has 8 heteroatoms. The van der Waals surface area contributed by atoms with Crippen LogP contribution in [0.5, 0.6) is 0 Å². The second kappa shape index (κ2) is 9.53. The van der Waals surface area contributed by atoms with E-state index in [4.69, 9.17) is 17.2 Å². The lowest BCUT2D eigenvalue weighted by Crippen LogP contribution is -2.36. The molecule has 0 bridgehead atoms. The summed E-state index contributed by atoms with van der Waals surface area (Å²) >= 11 is 6.81. The first-order chi connectivity index (χ1) is 15.0. The molecule has 1 saturated heterocycles. The van der Waals surface area contributed by atoms with Crippen LogP contribution in [0.1, 0.15) is 63.0 Å². The van der Waals surface area contributed by atoms with Crippen LogP contribution >= 0.6 is 24.0 Å². The van der Waals surface area contributed by atoms with E-state index in [0.29, 0.717) is 26.3 Å². The second-order valence-electron chi connectivity index (χ2n) is 8.24. The normalized spacial score (nSPS) is 18.6. The number of rotatable bonds is 7. The van der Waals surface area contributed by atoms with Crippen molar-refractivity contribution in [2.24, 2.45) is 0 Å². The van der Waals surface area contributed by atoms with Gasteiger partial charge in [-0.05, 0) is 43.9 Å². The topological polar surface area (TPSA) is 66.7 Å². The third kappa shape index (κ3) is 4.55. The Hall–Kier alpha value is -2.19. The summed E-state index contributed by atoms with van der Waals surface area (Å²) in [7, 11) is 0. The van der Waals surface area contributed by atoms with Gasteiger partial charge in [0, 0.05) is 18.8 Å². The predicted octanol–water partition coefficient (Wildman–Crippen LogP) is 4.75. The highest BCUT2D eigenvalue weighted by atomic mass is 32.2. The minimum absolute atomic E-state index is 0.0902. The molecule has 4 rings (SSSR count). The third-order valence-corrected chi connectivity index (χ3v) is 7.20. The lowest BCUT2D eigenvalue weighted by atomic mass is 10.2. The summed E-state index contributed by atoms with van der Waals surface area (Å²) in [5.74, 6) is 0.434. The number of pyridine rings is 1. The van der Waals surface area contributed by atoms with Crippen molar-refractivity contribution in [2.75, 3.05) is 11.9 Å². The number of nitrogens with one attached hydrogen (secondary N) is 1. The molecule has 2 aliphatic rings. The van der Waals surface area contributed by atoms with Crippen molar-refractivity contribution in [3.05, 3.63) is 44.7 Å². The van der Waals surface area contributed by atoms with Crippen LogP contribution in [-0.2, 0) is 4.79 Å². The van der Waals surface area contributed by atoms with Crippen molar-refractivity contribution in [2.45, 2.75) is 64.8 Å². The number of nitrogens with zero attached hydrogens (tertiary/aromatic N) is 3. The average molecular weight is 457 g/mol. The maximum Gasteiger partial charge on any atom is 0.267 e. The number of amides is 1. The van der Waals surface area contributed by atoms with Crippen molar-refractivity contribution >= 4 is 51.7 Å². The van der Waals surface area contributed by atoms with E-state index in [-0.39, 0.29) is 17.5 Å². The standard InChI is InChI=1S/C23H28N4O2S2/c1-3-4-7-12-24-20-17(21(28)26-14-15(2)10-11-19(26)25-20)13-18-22(29)27(23(30)31-18)16-8-5-6-9-16/h10-11,13-14,16,24H,3-9,12H2,1-2H3/b18-13+. The van der Waals surface area contributed by atoms with Gasteiger partial charge in [-0.3, -0.25) is 18.9 Å². The van der Waals surface area contributed by atoms with Gasteiger partial charge in [0.25, 0.3) is 11.5 Å². The number of carbonyl (C=O) groups is 1. The molecule has 164 valence electrons. The van der Waals surface area contributed by atoms with E-state index < -0.39 is 0 Å². The predicted molar refractivity (Wildman–Crippen MR) is 131 cm³/mol. The number of anilines is 1. The molecule has 6 nitrogen and oxygen atoms in total. The fourth-order valence-electron chi connectivity index (χ4n) is 4.19. The number of thiocarbonyl (C=S) groups is 1. The van der Waals surface area contributed by atoms with Crippen LogP contribution in [0.15, 0.2) is 28.0 Å². The first-order valence-electron chi connectivity index (χ1n) is 11.0. The number of hydrogen-bond donors (Lipinski definition) is 1. The average Bonchev–Trinajstić information content (AvgIpc) is 3.36. The van der Waals surface area contributed by atoms with E-state index in [0.717, 1.165) is 57.1 Å². The first-order valence-corrected chi connectivity index (χ1v) is 12.3. The molecule has 0 unspecified atom stereocenters. The molecule has 0 spiro atoms. The molecular weight excluding hydrogens is 428 g/mol. The van der Waals surface area contributed by atoms with E-state index >= 15 is 0 Å². The van der Waals surface area contributed by atoms with Crippen molar-refractivity contribution < 1.29 is 4.79 Å². The fraction of sp³-hybridized carbons (Fsp3) is 0.478. The van der Waals surface area contributed by atoms with Crippen LogP contribution in [0.3, 0.4) is 0 Å². The smallest absolute Gasteiger partial charge is 0.267 e. The zero-order valence-corrected chi connectivity index (χ0v) is 19.7. The second-order valence-corrected chi connectivity index (χ2v) is 9.91. The molecule has 0 atom stereocenters. The molecule has 2 aromatic heterocycles. The quantitative estimate of drug-likeness (QED) is 0.368. The molecule has 1 aliphatic carbocycles. The van der Waals surface area contributed by atoms with Crippen molar-refractivity contribution in [3.63, 3.8) is 0 Å². The number of aryl methyl sites for hydroxylation is 1. The van der Waals surface area contributed by atoms with Crippen LogP contribution in [0.25, 0.3) is 11.7 Å². The van der Waals surface area contributed by atoms with Gasteiger partial charge < -0.3 is 5.32 Å². The van der Waals surface area contributed by atoms with Gasteiger partial charge in [0.1, 0.15) is 15.8 Å². The van der Waals surface area contributed by atoms with Gasteiger partial charge in [-0.15, -0.1) is 0 Å². The lowest BCUT2D eigenvalue weighted by Gasteiger charge is -2.21. The first kappa shape index (κ1) is 22.0. The van der Waals surface area contributed by atoms with Gasteiger partial charge >= 0.3 is 0 Å². The molecular formula is C23H28N4O2S2.